The largest absolute Gasteiger partial charge is 0.632 e. The summed E-state index contributed by atoms with van der Waals surface area (Å²) in [6.07, 6.45) is 0.946. The van der Waals surface area contributed by atoms with Gasteiger partial charge in [-0.3, -0.25) is 0 Å². The van der Waals surface area contributed by atoms with Crippen LogP contribution in [0.4, 0.5) is 0 Å². The van der Waals surface area contributed by atoms with Gasteiger partial charge in [-0.15, -0.1) is 0 Å². The Labute approximate surface area is 278 Å². The molecule has 0 bridgehead atoms. The van der Waals surface area contributed by atoms with Crippen molar-refractivity contribution in [2.24, 2.45) is 0 Å². The summed E-state index contributed by atoms with van der Waals surface area (Å²) in [5.41, 5.74) is 1.82. The maximum atomic E-state index is 14.3. The molecular formula is C36H50N2O5Ti. The molecule has 0 saturated carbocycles. The van der Waals surface area contributed by atoms with E-state index in [2.05, 4.69) is 0 Å². The summed E-state index contributed by atoms with van der Waals surface area (Å²) in [7, 11) is 0. The minimum atomic E-state index is -1.36. The van der Waals surface area contributed by atoms with Crippen molar-refractivity contribution in [3.63, 3.8) is 0 Å². The average molecular weight is 639 g/mol. The summed E-state index contributed by atoms with van der Waals surface area (Å²) in [5, 5.41) is 51.7. The van der Waals surface area contributed by atoms with E-state index in [-0.39, 0.29) is 46.6 Å². The van der Waals surface area contributed by atoms with E-state index in [9.17, 15) is 10.3 Å². The molecule has 4 N–H and O–H groups in total. The van der Waals surface area contributed by atoms with Crippen molar-refractivity contribution in [1.29, 1.82) is 0 Å². The Balaban J connectivity index is 0.000000642. The first-order chi connectivity index (χ1) is 20.3. The molecule has 0 unspecified atom stereocenters. The topological polar surface area (TPSA) is 117 Å². The van der Waals surface area contributed by atoms with E-state index in [4.69, 9.17) is 20.3 Å². The van der Waals surface area contributed by atoms with E-state index < -0.39 is 16.3 Å². The van der Waals surface area contributed by atoms with Crippen LogP contribution in [0.1, 0.15) is 71.2 Å². The molecule has 238 valence electrons. The quantitative estimate of drug-likeness (QED) is 0.116. The third-order valence-electron chi connectivity index (χ3n) is 6.58. The zero-order valence-corrected chi connectivity index (χ0v) is 28.5. The predicted octanol–water partition coefficient (Wildman–Crippen LogP) is 6.31. The number of rotatable bonds is 5. The van der Waals surface area contributed by atoms with E-state index in [0.717, 1.165) is 34.1 Å². The van der Waals surface area contributed by atoms with Crippen LogP contribution < -0.4 is 0 Å². The van der Waals surface area contributed by atoms with Gasteiger partial charge in [0.1, 0.15) is 12.6 Å². The molecule has 8 heteroatoms. The third kappa shape index (κ3) is 12.1. The second kappa shape index (κ2) is 19.1. The average Bonchev–Trinajstić information content (AvgIpc) is 3.34. The number of nitrogens with zero attached hydrogens (tertiary/aromatic N) is 2. The number of aliphatic hydroxyl groups is 4. The molecule has 5 rings (SSSR count). The molecule has 2 heterocycles. The van der Waals surface area contributed by atoms with Crippen molar-refractivity contribution in [3.05, 3.63) is 119 Å². The van der Waals surface area contributed by atoms with Crippen molar-refractivity contribution >= 4 is 10.9 Å². The van der Waals surface area contributed by atoms with Crippen molar-refractivity contribution in [1.82, 2.24) is 4.98 Å². The SMILES string of the molecule is CC(C)O.CC(C)O.CC(C)O.[O-][N@@+]1(Cc2ccc3ccccc3n2)CCC[C@@H]1C(O)(c1ccccc1)c1ccccc1.[Ti]. The number of pyridine rings is 1. The summed E-state index contributed by atoms with van der Waals surface area (Å²) in [4.78, 5) is 4.75. The summed E-state index contributed by atoms with van der Waals surface area (Å²) >= 11 is 0. The maximum Gasteiger partial charge on any atom is 0.167 e. The van der Waals surface area contributed by atoms with Crippen LogP contribution in [-0.4, -0.2) is 61.0 Å². The van der Waals surface area contributed by atoms with Gasteiger partial charge in [-0.25, -0.2) is 4.98 Å². The number of para-hydroxylation sites is 1. The van der Waals surface area contributed by atoms with Crippen LogP contribution in [0.2, 0.25) is 0 Å². The second-order valence-electron chi connectivity index (χ2n) is 11.8. The number of hydroxylamine groups is 3. The van der Waals surface area contributed by atoms with Gasteiger partial charge >= 0.3 is 0 Å². The van der Waals surface area contributed by atoms with E-state index in [1.165, 1.54) is 0 Å². The number of hydrogen-bond donors (Lipinski definition) is 4. The normalized spacial score (nSPS) is 17.5. The molecule has 44 heavy (non-hydrogen) atoms. The van der Waals surface area contributed by atoms with Crippen LogP contribution in [0, 0.1) is 5.21 Å². The van der Waals surface area contributed by atoms with Gasteiger partial charge in [0.05, 0.1) is 17.8 Å². The van der Waals surface area contributed by atoms with Crippen LogP contribution >= 0.6 is 0 Å². The Kier molecular flexibility index (Phi) is 17.2. The van der Waals surface area contributed by atoms with Gasteiger partial charge in [0.25, 0.3) is 0 Å². The summed E-state index contributed by atoms with van der Waals surface area (Å²) in [6, 6.07) is 30.6. The number of fused-ring (bicyclic) bond motifs is 1. The molecule has 0 amide bonds. The fraction of sp³-hybridized carbons (Fsp3) is 0.417. The van der Waals surface area contributed by atoms with Gasteiger partial charge in [0.15, 0.2) is 5.60 Å². The fourth-order valence-electron chi connectivity index (χ4n) is 5.09. The first-order valence-corrected chi connectivity index (χ1v) is 15.1. The molecular weight excluding hydrogens is 588 g/mol. The molecule has 1 aliphatic heterocycles. The number of benzene rings is 3. The zero-order valence-electron chi connectivity index (χ0n) is 27.0. The molecule has 0 radical (unpaired) electrons. The fourth-order valence-corrected chi connectivity index (χ4v) is 5.09. The van der Waals surface area contributed by atoms with Crippen molar-refractivity contribution in [2.45, 2.75) is 90.9 Å². The molecule has 7 nitrogen and oxygen atoms in total. The van der Waals surface area contributed by atoms with E-state index >= 15 is 0 Å². The Morgan fingerprint density at radius 1 is 0.727 bits per heavy atom. The minimum absolute atomic E-state index is 0. The molecule has 1 aliphatic rings. The van der Waals surface area contributed by atoms with Gasteiger partial charge in [-0.1, -0.05) is 84.9 Å². The molecule has 1 saturated heterocycles. The number of aromatic nitrogens is 1. The molecule has 1 fully saturated rings. The Bertz CT molecular complexity index is 1280. The summed E-state index contributed by atoms with van der Waals surface area (Å²) < 4.78 is -0.481. The van der Waals surface area contributed by atoms with Gasteiger partial charge in [0, 0.05) is 58.3 Å². The third-order valence-corrected chi connectivity index (χ3v) is 6.58. The van der Waals surface area contributed by atoms with Crippen LogP contribution in [0.3, 0.4) is 0 Å². The smallest absolute Gasteiger partial charge is 0.167 e. The molecule has 0 spiro atoms. The summed E-state index contributed by atoms with van der Waals surface area (Å²) in [5.74, 6) is 0. The molecule has 0 aliphatic carbocycles. The number of aliphatic hydroxyl groups excluding tert-OH is 3. The zero-order chi connectivity index (χ0) is 32.0. The first-order valence-electron chi connectivity index (χ1n) is 15.1. The van der Waals surface area contributed by atoms with Crippen molar-refractivity contribution < 1.29 is 46.8 Å². The first kappa shape index (κ1) is 39.6. The van der Waals surface area contributed by atoms with Crippen LogP contribution in [0.25, 0.3) is 10.9 Å². The number of likely N-dealkylation sites (tertiary alicyclic amines) is 1. The predicted molar refractivity (Wildman–Crippen MR) is 175 cm³/mol. The Morgan fingerprint density at radius 2 is 1.16 bits per heavy atom. The van der Waals surface area contributed by atoms with Crippen LogP contribution in [0.15, 0.2) is 97.1 Å². The van der Waals surface area contributed by atoms with Gasteiger partial charge in [-0.2, -0.15) is 0 Å². The Hall–Kier alpha value is -2.46. The molecule has 4 aromatic rings. The molecule has 2 atom stereocenters. The monoisotopic (exact) mass is 638 g/mol. The Morgan fingerprint density at radius 3 is 1.64 bits per heavy atom. The van der Waals surface area contributed by atoms with E-state index in [1.807, 2.05) is 97.1 Å². The van der Waals surface area contributed by atoms with E-state index in [0.29, 0.717) is 13.0 Å². The minimum Gasteiger partial charge on any atom is -0.632 e. The van der Waals surface area contributed by atoms with Gasteiger partial charge in [-0.05, 0) is 64.8 Å². The second-order valence-corrected chi connectivity index (χ2v) is 11.8. The van der Waals surface area contributed by atoms with E-state index in [1.54, 1.807) is 41.5 Å². The number of quaternary nitrogens is 1. The number of hydrogen-bond acceptors (Lipinski definition) is 6. The van der Waals surface area contributed by atoms with Crippen LogP contribution in [0.5, 0.6) is 0 Å². The van der Waals surface area contributed by atoms with Crippen molar-refractivity contribution in [3.8, 4) is 0 Å². The van der Waals surface area contributed by atoms with Crippen LogP contribution in [-0.2, 0) is 33.9 Å². The van der Waals surface area contributed by atoms with Gasteiger partial charge < -0.3 is 30.3 Å². The van der Waals surface area contributed by atoms with Gasteiger partial charge in [0.2, 0.25) is 0 Å². The van der Waals surface area contributed by atoms with Crippen molar-refractivity contribution in [2.75, 3.05) is 6.54 Å². The maximum absolute atomic E-state index is 14.3. The standard InChI is InChI=1S/C27H26N2O2.3C3H8O.Ti/c30-27(22-11-3-1-4-12-22,23-13-5-2-6-14-23)26-16-9-19-29(26,31)20-24-18-17-21-10-7-8-15-25(21)28-24;3*1-3(2)4;/h1-8,10-15,17-18,26,30H,9,16,19-20H2;3*3-4H,1-2H3;/t26-,29-;;;;/m1..../s1. The molecule has 3 aromatic carbocycles. The molecule has 1 aromatic heterocycles. The summed E-state index contributed by atoms with van der Waals surface area (Å²) in [6.45, 7) is 11.1.